The lowest BCUT2D eigenvalue weighted by atomic mass is 10.2. The lowest BCUT2D eigenvalue weighted by Crippen LogP contribution is -2.53. The van der Waals surface area contributed by atoms with Crippen molar-refractivity contribution in [3.05, 3.63) is 94.0 Å². The maximum atomic E-state index is 14.3. The van der Waals surface area contributed by atoms with E-state index in [4.69, 9.17) is 28.6 Å². The van der Waals surface area contributed by atoms with Crippen LogP contribution in [0.5, 0.6) is 5.75 Å². The lowest BCUT2D eigenvalue weighted by Gasteiger charge is -2.37. The molecular weight excluding hydrogens is 518 g/mol. The molecule has 1 fully saturated rings. The average molecular weight is 538 g/mol. The SMILES string of the molecule is O=C(NC(=S)N1CCN(c2c(F)c(F)c(Cl)c(F)c2F)CC1)c1cccc(OCc2ccccc2)c1. The summed E-state index contributed by atoms with van der Waals surface area (Å²) in [6, 6.07) is 16.2. The fourth-order valence-electron chi connectivity index (χ4n) is 3.72. The minimum atomic E-state index is -1.65. The van der Waals surface area contributed by atoms with Gasteiger partial charge < -0.3 is 14.5 Å². The van der Waals surface area contributed by atoms with Gasteiger partial charge >= 0.3 is 0 Å². The quantitative estimate of drug-likeness (QED) is 0.207. The number of rotatable bonds is 5. The number of piperazine rings is 1. The van der Waals surface area contributed by atoms with E-state index in [-0.39, 0.29) is 31.3 Å². The van der Waals surface area contributed by atoms with Crippen molar-refractivity contribution in [2.45, 2.75) is 6.61 Å². The summed E-state index contributed by atoms with van der Waals surface area (Å²) in [6.07, 6.45) is 0. The predicted molar refractivity (Wildman–Crippen MR) is 132 cm³/mol. The first kappa shape index (κ1) is 25.7. The molecule has 1 aliphatic heterocycles. The molecule has 0 saturated carbocycles. The van der Waals surface area contributed by atoms with Crippen molar-refractivity contribution in [3.8, 4) is 5.75 Å². The van der Waals surface area contributed by atoms with E-state index in [9.17, 15) is 22.4 Å². The van der Waals surface area contributed by atoms with Gasteiger partial charge in [0.25, 0.3) is 5.91 Å². The smallest absolute Gasteiger partial charge is 0.257 e. The third-order valence-corrected chi connectivity index (χ3v) is 6.33. The molecule has 3 aromatic rings. The van der Waals surface area contributed by atoms with Crippen LogP contribution < -0.4 is 15.0 Å². The number of nitrogens with zero attached hydrogens (tertiary/aromatic N) is 2. The molecule has 1 heterocycles. The third-order valence-electron chi connectivity index (χ3n) is 5.63. The van der Waals surface area contributed by atoms with Crippen molar-refractivity contribution in [2.75, 3.05) is 31.1 Å². The van der Waals surface area contributed by atoms with Gasteiger partial charge in [-0.3, -0.25) is 10.1 Å². The van der Waals surface area contributed by atoms with Crippen molar-refractivity contribution in [1.29, 1.82) is 0 Å². The highest BCUT2D eigenvalue weighted by Gasteiger charge is 2.30. The Hall–Kier alpha value is -3.37. The van der Waals surface area contributed by atoms with E-state index in [1.54, 1.807) is 29.2 Å². The maximum absolute atomic E-state index is 14.3. The number of anilines is 1. The van der Waals surface area contributed by atoms with Crippen LogP contribution in [0.25, 0.3) is 0 Å². The lowest BCUT2D eigenvalue weighted by molar-refractivity contribution is 0.0972. The fourth-order valence-corrected chi connectivity index (χ4v) is 4.16. The summed E-state index contributed by atoms with van der Waals surface area (Å²) in [5, 5.41) is 1.51. The molecule has 188 valence electrons. The molecule has 1 saturated heterocycles. The molecule has 1 amide bonds. The van der Waals surface area contributed by atoms with Gasteiger partial charge in [-0.05, 0) is 36.0 Å². The van der Waals surface area contributed by atoms with Gasteiger partial charge in [0.1, 0.15) is 23.1 Å². The van der Waals surface area contributed by atoms with Crippen LogP contribution in [0.3, 0.4) is 0 Å². The number of hydrogen-bond donors (Lipinski definition) is 1. The first-order chi connectivity index (χ1) is 17.3. The fraction of sp³-hybridized carbons (Fsp3) is 0.200. The van der Waals surface area contributed by atoms with Crippen LogP contribution >= 0.6 is 23.8 Å². The second-order valence-electron chi connectivity index (χ2n) is 7.95. The molecule has 0 aliphatic carbocycles. The van der Waals surface area contributed by atoms with Crippen LogP contribution in [0.2, 0.25) is 5.02 Å². The van der Waals surface area contributed by atoms with Crippen molar-refractivity contribution >= 4 is 40.5 Å². The summed E-state index contributed by atoms with van der Waals surface area (Å²) in [4.78, 5) is 15.5. The molecule has 0 radical (unpaired) electrons. The largest absolute Gasteiger partial charge is 0.489 e. The molecule has 36 heavy (non-hydrogen) atoms. The van der Waals surface area contributed by atoms with Crippen molar-refractivity contribution in [2.24, 2.45) is 0 Å². The van der Waals surface area contributed by atoms with Gasteiger partial charge in [-0.25, -0.2) is 17.6 Å². The Bertz CT molecular complexity index is 1260. The van der Waals surface area contributed by atoms with E-state index >= 15 is 0 Å². The highest BCUT2D eigenvalue weighted by atomic mass is 35.5. The average Bonchev–Trinajstić information content (AvgIpc) is 2.91. The molecule has 11 heteroatoms. The van der Waals surface area contributed by atoms with Gasteiger partial charge in [0.05, 0.1) is 0 Å². The summed E-state index contributed by atoms with van der Waals surface area (Å²) in [7, 11) is 0. The summed E-state index contributed by atoms with van der Waals surface area (Å²) >= 11 is 10.6. The normalized spacial score (nSPS) is 13.5. The Labute approximate surface area is 215 Å². The molecule has 0 aromatic heterocycles. The van der Waals surface area contributed by atoms with Crippen molar-refractivity contribution in [1.82, 2.24) is 10.2 Å². The number of thiocarbonyl (C=S) groups is 1. The topological polar surface area (TPSA) is 44.8 Å². The Kier molecular flexibility index (Phi) is 7.95. The number of carbonyl (C=O) groups excluding carboxylic acids is 1. The molecule has 1 N–H and O–H groups in total. The van der Waals surface area contributed by atoms with Crippen LogP contribution in [-0.4, -0.2) is 42.1 Å². The summed E-state index contributed by atoms with van der Waals surface area (Å²) in [5.41, 5.74) is 0.491. The number of amides is 1. The number of ether oxygens (including phenoxy) is 1. The highest BCUT2D eigenvalue weighted by Crippen LogP contribution is 2.34. The van der Waals surface area contributed by atoms with E-state index in [1.165, 1.54) is 4.90 Å². The molecule has 0 bridgehead atoms. The molecule has 1 aliphatic rings. The van der Waals surface area contributed by atoms with Crippen LogP contribution in [0, 0.1) is 23.3 Å². The van der Waals surface area contributed by atoms with Crippen molar-refractivity contribution in [3.63, 3.8) is 0 Å². The van der Waals surface area contributed by atoms with E-state index in [1.807, 2.05) is 30.3 Å². The highest BCUT2D eigenvalue weighted by molar-refractivity contribution is 7.80. The molecule has 0 unspecified atom stereocenters. The number of hydrogen-bond acceptors (Lipinski definition) is 4. The van der Waals surface area contributed by atoms with Crippen LogP contribution in [0.15, 0.2) is 54.6 Å². The number of nitrogens with one attached hydrogen (secondary N) is 1. The zero-order valence-corrected chi connectivity index (χ0v) is 20.3. The monoisotopic (exact) mass is 537 g/mol. The Morgan fingerprint density at radius 2 is 1.56 bits per heavy atom. The van der Waals surface area contributed by atoms with Gasteiger partial charge in [0.15, 0.2) is 28.4 Å². The van der Waals surface area contributed by atoms with E-state index in [2.05, 4.69) is 5.32 Å². The summed E-state index contributed by atoms with van der Waals surface area (Å²) in [6.45, 7) is 0.672. The van der Waals surface area contributed by atoms with Gasteiger partial charge in [0, 0.05) is 31.7 Å². The van der Waals surface area contributed by atoms with E-state index in [0.717, 1.165) is 5.56 Å². The minimum Gasteiger partial charge on any atom is -0.489 e. The number of carbonyl (C=O) groups is 1. The van der Waals surface area contributed by atoms with Crippen LogP contribution in [-0.2, 0) is 6.61 Å². The Balaban J connectivity index is 1.35. The second-order valence-corrected chi connectivity index (χ2v) is 8.72. The molecule has 3 aromatic carbocycles. The first-order valence-electron chi connectivity index (χ1n) is 10.9. The standard InChI is InChI=1S/C25H20ClF4N3O2S/c26-18-19(27)21(29)23(22(30)20(18)28)32-9-11-33(12-10-32)25(36)31-24(34)16-7-4-8-17(13-16)35-14-15-5-2-1-3-6-15/h1-8,13H,9-12,14H2,(H,31,34,36). The zero-order valence-electron chi connectivity index (χ0n) is 18.7. The molecule has 0 atom stereocenters. The molecular formula is C25H20ClF4N3O2S. The molecule has 0 spiro atoms. The Morgan fingerprint density at radius 3 is 2.19 bits per heavy atom. The minimum absolute atomic E-state index is 0.00712. The first-order valence-corrected chi connectivity index (χ1v) is 11.7. The van der Waals surface area contributed by atoms with Gasteiger partial charge in [0.2, 0.25) is 0 Å². The van der Waals surface area contributed by atoms with Gasteiger partial charge in [-0.2, -0.15) is 0 Å². The molecule has 4 rings (SSSR count). The van der Waals surface area contributed by atoms with Crippen LogP contribution in [0.1, 0.15) is 15.9 Å². The van der Waals surface area contributed by atoms with Gasteiger partial charge in [-0.1, -0.05) is 48.0 Å². The predicted octanol–water partition coefficient (Wildman–Crippen LogP) is 5.31. The third kappa shape index (κ3) is 5.55. The van der Waals surface area contributed by atoms with Crippen LogP contribution in [0.4, 0.5) is 23.2 Å². The number of benzene rings is 3. The molecule has 5 nitrogen and oxygen atoms in total. The van der Waals surface area contributed by atoms with E-state index < -0.39 is 39.9 Å². The zero-order chi connectivity index (χ0) is 25.8. The second kappa shape index (κ2) is 11.1. The van der Waals surface area contributed by atoms with Gasteiger partial charge in [-0.15, -0.1) is 0 Å². The maximum Gasteiger partial charge on any atom is 0.257 e. The number of halogens is 5. The van der Waals surface area contributed by atoms with Crippen molar-refractivity contribution < 1.29 is 27.1 Å². The summed E-state index contributed by atoms with van der Waals surface area (Å²) < 4.78 is 62.0. The Morgan fingerprint density at radius 1 is 0.917 bits per heavy atom. The summed E-state index contributed by atoms with van der Waals surface area (Å²) in [5.74, 6) is -6.35. The van der Waals surface area contributed by atoms with E-state index in [0.29, 0.717) is 17.9 Å².